The van der Waals surface area contributed by atoms with Crippen molar-refractivity contribution in [2.45, 2.75) is 13.0 Å². The van der Waals surface area contributed by atoms with Crippen LogP contribution in [0.4, 0.5) is 25.0 Å². The summed E-state index contributed by atoms with van der Waals surface area (Å²) in [6, 6.07) is 4.88. The third-order valence-electron chi connectivity index (χ3n) is 3.28. The molecule has 7 heteroatoms. The van der Waals surface area contributed by atoms with Crippen LogP contribution in [0.3, 0.4) is 0 Å². The quantitative estimate of drug-likeness (QED) is 0.909. The van der Waals surface area contributed by atoms with Gasteiger partial charge in [-0.15, -0.1) is 0 Å². The number of urea groups is 1. The number of carbonyl (C=O) groups is 1. The lowest BCUT2D eigenvalue weighted by atomic mass is 10.1. The molecule has 2 rings (SSSR count). The number of carbonyl (C=O) groups excluding carboxylic acids is 1. The maximum atomic E-state index is 13.9. The van der Waals surface area contributed by atoms with E-state index in [1.165, 1.54) is 19.0 Å². The highest BCUT2D eigenvalue weighted by molar-refractivity contribution is 5.89. The van der Waals surface area contributed by atoms with Crippen molar-refractivity contribution in [1.29, 1.82) is 0 Å². The lowest BCUT2D eigenvalue weighted by molar-refractivity contribution is 0.249. The fourth-order valence-corrected chi connectivity index (χ4v) is 2.16. The number of nitrogens with one attached hydrogen (secondary N) is 2. The minimum absolute atomic E-state index is 0.0463. The summed E-state index contributed by atoms with van der Waals surface area (Å²) in [6.07, 6.45) is 3.24. The van der Waals surface area contributed by atoms with Crippen LogP contribution in [0.5, 0.6) is 0 Å². The third kappa shape index (κ3) is 4.15. The number of benzene rings is 1. The zero-order chi connectivity index (χ0) is 17.0. The Hall–Kier alpha value is -2.70. The Balaban J connectivity index is 2.06. The van der Waals surface area contributed by atoms with Gasteiger partial charge in [-0.2, -0.15) is 0 Å². The smallest absolute Gasteiger partial charge is 0.319 e. The van der Waals surface area contributed by atoms with Crippen LogP contribution in [0.25, 0.3) is 0 Å². The first-order valence-corrected chi connectivity index (χ1v) is 7.02. The van der Waals surface area contributed by atoms with Crippen LogP contribution in [0, 0.1) is 11.6 Å². The van der Waals surface area contributed by atoms with Crippen LogP contribution in [-0.4, -0.2) is 25.1 Å². The summed E-state index contributed by atoms with van der Waals surface area (Å²) >= 11 is 0. The summed E-state index contributed by atoms with van der Waals surface area (Å²) < 4.78 is 27.8. The Morgan fingerprint density at radius 1 is 1.17 bits per heavy atom. The van der Waals surface area contributed by atoms with Crippen molar-refractivity contribution in [2.75, 3.05) is 24.3 Å². The standard InChI is InChI=1S/C16H18F2N4O/c1-10(11-4-6-19-7-5-11)20-16(23)21-12-8-13(17)15(22(2)3)14(18)9-12/h4-10H,1-3H3,(H2,20,21,23). The topological polar surface area (TPSA) is 57.3 Å². The lowest BCUT2D eigenvalue weighted by Gasteiger charge is -2.17. The lowest BCUT2D eigenvalue weighted by Crippen LogP contribution is -2.31. The maximum absolute atomic E-state index is 13.9. The molecule has 23 heavy (non-hydrogen) atoms. The number of nitrogens with zero attached hydrogens (tertiary/aromatic N) is 2. The van der Waals surface area contributed by atoms with Gasteiger partial charge in [0, 0.05) is 32.2 Å². The second kappa shape index (κ2) is 7.04. The van der Waals surface area contributed by atoms with Gasteiger partial charge in [0.15, 0.2) is 11.6 Å². The molecule has 0 spiro atoms. The number of pyridine rings is 1. The van der Waals surface area contributed by atoms with Gasteiger partial charge in [0.2, 0.25) is 0 Å². The molecule has 2 amide bonds. The summed E-state index contributed by atoms with van der Waals surface area (Å²) in [6.45, 7) is 1.80. The molecule has 0 aliphatic heterocycles. The largest absolute Gasteiger partial charge is 0.373 e. The minimum atomic E-state index is -0.743. The maximum Gasteiger partial charge on any atom is 0.319 e. The van der Waals surface area contributed by atoms with Crippen LogP contribution < -0.4 is 15.5 Å². The first-order chi connectivity index (χ1) is 10.9. The monoisotopic (exact) mass is 320 g/mol. The Labute approximate surface area is 133 Å². The number of anilines is 2. The van der Waals surface area contributed by atoms with Crippen LogP contribution in [0.2, 0.25) is 0 Å². The highest BCUT2D eigenvalue weighted by atomic mass is 19.1. The predicted molar refractivity (Wildman–Crippen MR) is 85.5 cm³/mol. The van der Waals surface area contributed by atoms with Gasteiger partial charge in [0.25, 0.3) is 0 Å². The Morgan fingerprint density at radius 3 is 2.26 bits per heavy atom. The molecule has 0 radical (unpaired) electrons. The van der Waals surface area contributed by atoms with Gasteiger partial charge in [-0.3, -0.25) is 4.98 Å². The summed E-state index contributed by atoms with van der Waals surface area (Å²) in [4.78, 5) is 17.2. The van der Waals surface area contributed by atoms with Gasteiger partial charge in [0.1, 0.15) is 5.69 Å². The fourth-order valence-electron chi connectivity index (χ4n) is 2.16. The molecule has 0 aliphatic carbocycles. The van der Waals surface area contributed by atoms with Gasteiger partial charge in [0.05, 0.1) is 6.04 Å². The molecule has 1 aromatic heterocycles. The van der Waals surface area contributed by atoms with Crippen molar-refractivity contribution in [1.82, 2.24) is 10.3 Å². The average Bonchev–Trinajstić information content (AvgIpc) is 2.46. The van der Waals surface area contributed by atoms with Crippen molar-refractivity contribution < 1.29 is 13.6 Å². The summed E-state index contributed by atoms with van der Waals surface area (Å²) in [5, 5.41) is 5.11. The summed E-state index contributed by atoms with van der Waals surface area (Å²) in [7, 11) is 3.08. The van der Waals surface area contributed by atoms with Gasteiger partial charge < -0.3 is 15.5 Å². The van der Waals surface area contributed by atoms with Crippen molar-refractivity contribution in [3.05, 3.63) is 53.9 Å². The molecule has 1 aromatic carbocycles. The first-order valence-electron chi connectivity index (χ1n) is 7.02. The van der Waals surface area contributed by atoms with E-state index < -0.39 is 17.7 Å². The Bertz CT molecular complexity index is 669. The zero-order valence-electron chi connectivity index (χ0n) is 13.1. The van der Waals surface area contributed by atoms with Crippen molar-refractivity contribution in [3.8, 4) is 0 Å². The van der Waals surface area contributed by atoms with E-state index >= 15 is 0 Å². The van der Waals surface area contributed by atoms with Crippen molar-refractivity contribution in [2.24, 2.45) is 0 Å². The van der Waals surface area contributed by atoms with Gasteiger partial charge >= 0.3 is 6.03 Å². The molecule has 0 fully saturated rings. The molecule has 0 aliphatic rings. The molecule has 1 unspecified atom stereocenters. The first kappa shape index (κ1) is 16.7. The summed E-state index contributed by atoms with van der Waals surface area (Å²) in [5.74, 6) is -1.49. The van der Waals surface area contributed by atoms with Gasteiger partial charge in [-0.05, 0) is 36.8 Å². The van der Waals surface area contributed by atoms with E-state index in [1.807, 2.05) is 0 Å². The van der Waals surface area contributed by atoms with Crippen LogP contribution in [0.15, 0.2) is 36.7 Å². The molecule has 0 bridgehead atoms. The van der Waals surface area contributed by atoms with Crippen LogP contribution in [0.1, 0.15) is 18.5 Å². The van der Waals surface area contributed by atoms with E-state index in [1.54, 1.807) is 31.5 Å². The fraction of sp³-hybridized carbons (Fsp3) is 0.250. The molecule has 5 nitrogen and oxygen atoms in total. The van der Waals surface area contributed by atoms with Crippen molar-refractivity contribution in [3.63, 3.8) is 0 Å². The van der Waals surface area contributed by atoms with E-state index in [-0.39, 0.29) is 17.4 Å². The third-order valence-corrected chi connectivity index (χ3v) is 3.28. The van der Waals surface area contributed by atoms with E-state index in [9.17, 15) is 13.6 Å². The second-order valence-electron chi connectivity index (χ2n) is 5.28. The number of hydrogen-bond acceptors (Lipinski definition) is 3. The molecular formula is C16H18F2N4O. The highest BCUT2D eigenvalue weighted by Crippen LogP contribution is 2.25. The number of aromatic nitrogens is 1. The second-order valence-corrected chi connectivity index (χ2v) is 5.28. The molecule has 122 valence electrons. The highest BCUT2D eigenvalue weighted by Gasteiger charge is 2.15. The molecule has 1 heterocycles. The van der Waals surface area contributed by atoms with Crippen molar-refractivity contribution >= 4 is 17.4 Å². The molecule has 2 N–H and O–H groups in total. The van der Waals surface area contributed by atoms with E-state index in [4.69, 9.17) is 0 Å². The van der Waals surface area contributed by atoms with E-state index in [0.29, 0.717) is 0 Å². The molecule has 0 saturated carbocycles. The van der Waals surface area contributed by atoms with Gasteiger partial charge in [-0.1, -0.05) is 0 Å². The zero-order valence-corrected chi connectivity index (χ0v) is 13.1. The average molecular weight is 320 g/mol. The Morgan fingerprint density at radius 2 is 1.74 bits per heavy atom. The van der Waals surface area contributed by atoms with Gasteiger partial charge in [-0.25, -0.2) is 13.6 Å². The van der Waals surface area contributed by atoms with Crippen LogP contribution in [-0.2, 0) is 0 Å². The predicted octanol–water partition coefficient (Wildman–Crippen LogP) is 3.31. The molecular weight excluding hydrogens is 302 g/mol. The SMILES string of the molecule is CC(NC(=O)Nc1cc(F)c(N(C)C)c(F)c1)c1ccncc1. The molecule has 2 aromatic rings. The molecule has 1 atom stereocenters. The van der Waals surface area contributed by atoms with E-state index in [2.05, 4.69) is 15.6 Å². The normalized spacial score (nSPS) is 11.7. The number of halogens is 2. The number of rotatable bonds is 4. The Kier molecular flexibility index (Phi) is 5.10. The van der Waals surface area contributed by atoms with E-state index in [0.717, 1.165) is 17.7 Å². The summed E-state index contributed by atoms with van der Waals surface area (Å²) in [5.41, 5.74) is 0.765. The molecule has 0 saturated heterocycles. The van der Waals surface area contributed by atoms with Crippen LogP contribution >= 0.6 is 0 Å². The number of hydrogen-bond donors (Lipinski definition) is 2. The minimum Gasteiger partial charge on any atom is -0.373 e. The number of amides is 2.